The Morgan fingerprint density at radius 3 is 0.975 bits per heavy atom. The first-order chi connectivity index (χ1) is 37.5. The molecule has 0 N–H and O–H groups in total. The van der Waals surface area contributed by atoms with Gasteiger partial charge in [0.2, 0.25) is 0 Å². The number of benzene rings is 9. The molecule has 79 heavy (non-hydrogen) atoms. The Morgan fingerprint density at radius 2 is 0.658 bits per heavy atom. The van der Waals surface area contributed by atoms with Crippen LogP contribution in [0.4, 0.5) is 58.4 Å². The lowest BCUT2D eigenvalue weighted by molar-refractivity contribution is -0.138. The van der Waals surface area contributed by atoms with Gasteiger partial charge in [0, 0.05) is 29.9 Å². The maximum atomic E-state index is 14.2. The van der Waals surface area contributed by atoms with Gasteiger partial charge < -0.3 is 4.90 Å². The minimum Gasteiger partial charge on any atom is -0.363 e. The summed E-state index contributed by atoms with van der Waals surface area (Å²) in [6, 6.07) is 62.4. The average Bonchev–Trinajstić information content (AvgIpc) is 3.57. The van der Waals surface area contributed by atoms with Crippen molar-refractivity contribution in [3.05, 3.63) is 287 Å². The number of alkyl halides is 12. The summed E-state index contributed by atoms with van der Waals surface area (Å²) in [6.45, 7) is 1.61. The summed E-state index contributed by atoms with van der Waals surface area (Å²) in [5.74, 6) is 3.52. The summed E-state index contributed by atoms with van der Waals surface area (Å²) >= 11 is 0. The molecule has 0 bridgehead atoms. The first kappa shape index (κ1) is 56.9. The zero-order valence-electron chi connectivity index (χ0n) is 41.6. The van der Waals surface area contributed by atoms with E-state index in [2.05, 4.69) is 88.9 Å². The average molecular weight is 1100 g/mol. The lowest BCUT2D eigenvalue weighted by Gasteiger charge is -2.44. The van der Waals surface area contributed by atoms with E-state index in [0.717, 1.165) is 83.3 Å². The largest absolute Gasteiger partial charge is 0.416 e. The minimum atomic E-state index is -4.77. The fraction of sp³-hybridized carbons (Fsp3) is 0.111. The van der Waals surface area contributed by atoms with E-state index in [0.29, 0.717) is 54.3 Å². The first-order valence-corrected chi connectivity index (χ1v) is 26.2. The van der Waals surface area contributed by atoms with Gasteiger partial charge in [-0.1, -0.05) is 210 Å². The molecule has 0 spiro atoms. The van der Waals surface area contributed by atoms with E-state index in [9.17, 15) is 56.9 Å². The topological polar surface area (TPSA) is 20.3 Å². The van der Waals surface area contributed by atoms with Crippen molar-refractivity contribution >= 4 is 43.6 Å². The molecule has 0 aliphatic rings. The number of hydrogen-bond donors (Lipinski definition) is 0. The standard InChI is InChI=1S/C35H30NOS.C28H16BF12/c37-38(35-19-11-4-12-20-35,26-25-30-13-5-1-6-14-30)29-33-21-23-34(24-22-33)36(27-31-15-7-2-8-16-31)28-32-17-9-3-10-18-32;30-25(31,32)17-1-9-21(10-2-17)29(22-11-3-18(4-12-22)26(33,34)35,23-13-5-19(6-14-23)27(36,37)38)24-15-7-20(8-16-24)28(39,40)41/h1-24H,27-29H2;1-16H/q+1;-1. The van der Waals surface area contributed by atoms with Crippen molar-refractivity contribution in [1.82, 2.24) is 0 Å². The summed E-state index contributed by atoms with van der Waals surface area (Å²) in [5, 5.41) is 3.15. The SMILES string of the molecule is FC(F)(F)c1ccc([B-](c2ccc(C(F)(F)F)cc2)(c2ccc(C(F)(F)F)cc2)c2ccc(C(F)(F)F)cc2)cc1.O=[S+](C#Cc1ccccc1)(Cc1ccc(N(Cc2ccccc2)Cc2ccccc2)cc1)c1ccccc1. The second-order valence-corrected chi connectivity index (χ2v) is 20.9. The zero-order valence-corrected chi connectivity index (χ0v) is 42.4. The summed E-state index contributed by atoms with van der Waals surface area (Å²) in [7, 11) is -2.62. The molecule has 0 aliphatic heterocycles. The second-order valence-electron chi connectivity index (χ2n) is 18.6. The summed E-state index contributed by atoms with van der Waals surface area (Å²) < 4.78 is 174. The Kier molecular flexibility index (Phi) is 17.1. The van der Waals surface area contributed by atoms with Crippen LogP contribution in [0.3, 0.4) is 0 Å². The summed E-state index contributed by atoms with van der Waals surface area (Å²) in [5.41, 5.74) is 1.22. The van der Waals surface area contributed by atoms with Gasteiger partial charge in [-0.3, -0.25) is 0 Å². The Bertz CT molecular complexity index is 3230. The zero-order chi connectivity index (χ0) is 56.5. The molecule has 0 fully saturated rings. The Balaban J connectivity index is 0.000000209. The third-order valence-electron chi connectivity index (χ3n) is 13.3. The van der Waals surface area contributed by atoms with E-state index < -0.39 is 63.0 Å². The third-order valence-corrected chi connectivity index (χ3v) is 15.5. The van der Waals surface area contributed by atoms with E-state index >= 15 is 0 Å². The van der Waals surface area contributed by atoms with Gasteiger partial charge in [-0.2, -0.15) is 74.5 Å². The van der Waals surface area contributed by atoms with Crippen LogP contribution in [0.15, 0.2) is 248 Å². The van der Waals surface area contributed by atoms with Crippen molar-refractivity contribution in [2.24, 2.45) is 0 Å². The molecule has 0 aliphatic carbocycles. The molecule has 9 rings (SSSR count). The molecular weight excluding hydrogens is 1060 g/mol. The highest BCUT2D eigenvalue weighted by atomic mass is 32.2. The van der Waals surface area contributed by atoms with Gasteiger partial charge in [-0.05, 0) is 53.4 Å². The third kappa shape index (κ3) is 14.1. The van der Waals surface area contributed by atoms with Gasteiger partial charge in [0.25, 0.3) is 0 Å². The highest BCUT2D eigenvalue weighted by Gasteiger charge is 2.38. The van der Waals surface area contributed by atoms with Crippen LogP contribution in [0.5, 0.6) is 0 Å². The number of anilines is 1. The van der Waals surface area contributed by atoms with Gasteiger partial charge in [-0.25, -0.2) is 0 Å². The maximum absolute atomic E-state index is 14.2. The molecule has 1 unspecified atom stereocenters. The minimum absolute atomic E-state index is 0.0114. The van der Waals surface area contributed by atoms with Crippen molar-refractivity contribution in [2.75, 3.05) is 4.90 Å². The van der Waals surface area contributed by atoms with Crippen LogP contribution >= 0.6 is 0 Å². The van der Waals surface area contributed by atoms with Crippen LogP contribution in [0.25, 0.3) is 0 Å². The molecule has 1 atom stereocenters. The molecular formula is C63H46BF12NOS. The van der Waals surface area contributed by atoms with Crippen molar-refractivity contribution < 1.29 is 56.9 Å². The van der Waals surface area contributed by atoms with Crippen LogP contribution < -0.4 is 26.8 Å². The molecule has 9 aromatic carbocycles. The molecule has 0 saturated heterocycles. The van der Waals surface area contributed by atoms with Crippen LogP contribution in [0, 0.1) is 11.2 Å². The molecule has 0 radical (unpaired) electrons. The number of rotatable bonds is 12. The number of hydrogen-bond acceptors (Lipinski definition) is 2. The number of halogens is 12. The van der Waals surface area contributed by atoms with Crippen LogP contribution in [0.1, 0.15) is 44.5 Å². The van der Waals surface area contributed by atoms with Crippen LogP contribution in [-0.4, -0.2) is 6.15 Å². The van der Waals surface area contributed by atoms with Crippen molar-refractivity contribution in [3.8, 4) is 11.2 Å². The van der Waals surface area contributed by atoms with Gasteiger partial charge in [0.1, 0.15) is 6.15 Å². The smallest absolute Gasteiger partial charge is 0.363 e. The molecule has 0 heterocycles. The van der Waals surface area contributed by atoms with Gasteiger partial charge in [-0.15, -0.1) is 0 Å². The highest BCUT2D eigenvalue weighted by Crippen LogP contribution is 2.33. The molecule has 402 valence electrons. The molecule has 2 nitrogen and oxygen atoms in total. The molecule has 16 heteroatoms. The molecule has 0 aromatic heterocycles. The van der Waals surface area contributed by atoms with Gasteiger partial charge >= 0.3 is 24.7 Å². The van der Waals surface area contributed by atoms with E-state index in [1.54, 1.807) is 0 Å². The highest BCUT2D eigenvalue weighted by molar-refractivity contribution is 8.06. The molecule has 0 saturated carbocycles. The normalized spacial score (nSPS) is 12.8. The van der Waals surface area contributed by atoms with E-state index in [1.165, 1.54) is 11.1 Å². The lowest BCUT2D eigenvalue weighted by Crippen LogP contribution is -2.74. The quantitative estimate of drug-likeness (QED) is 0.0526. The molecule has 0 amide bonds. The first-order valence-electron chi connectivity index (χ1n) is 24.5. The fourth-order valence-corrected chi connectivity index (χ4v) is 11.3. The Labute approximate surface area is 450 Å². The summed E-state index contributed by atoms with van der Waals surface area (Å²) in [4.78, 5) is 3.14. The van der Waals surface area contributed by atoms with Crippen LogP contribution in [-0.2, 0) is 57.7 Å². The molecule has 9 aromatic rings. The Hall–Kier alpha value is -8.29. The van der Waals surface area contributed by atoms with Gasteiger partial charge in [0.15, 0.2) is 25.8 Å². The predicted molar refractivity (Wildman–Crippen MR) is 289 cm³/mol. The van der Waals surface area contributed by atoms with Gasteiger partial charge in [0.05, 0.1) is 22.3 Å². The second kappa shape index (κ2) is 23.8. The van der Waals surface area contributed by atoms with Crippen molar-refractivity contribution in [1.29, 1.82) is 0 Å². The monoisotopic (exact) mass is 1100 g/mol. The van der Waals surface area contributed by atoms with E-state index in [4.69, 9.17) is 0 Å². The van der Waals surface area contributed by atoms with Crippen LogP contribution in [0.2, 0.25) is 0 Å². The number of nitrogens with zero attached hydrogens (tertiary/aromatic N) is 1. The van der Waals surface area contributed by atoms with E-state index in [1.807, 2.05) is 72.8 Å². The fourth-order valence-electron chi connectivity index (χ4n) is 9.36. The lowest BCUT2D eigenvalue weighted by atomic mass is 9.13. The predicted octanol–water partition coefficient (Wildman–Crippen LogP) is 15.1. The van der Waals surface area contributed by atoms with Crippen molar-refractivity contribution in [2.45, 2.75) is 48.4 Å². The maximum Gasteiger partial charge on any atom is 0.416 e. The van der Waals surface area contributed by atoms with E-state index in [-0.39, 0.29) is 21.9 Å². The van der Waals surface area contributed by atoms with Crippen molar-refractivity contribution in [3.63, 3.8) is 0 Å². The Morgan fingerprint density at radius 1 is 0.354 bits per heavy atom. The summed E-state index contributed by atoms with van der Waals surface area (Å²) in [6.07, 6.45) is -22.0.